The molecule has 6 nitrogen and oxygen atoms in total. The first-order valence-corrected chi connectivity index (χ1v) is 7.68. The number of anilines is 1. The molecule has 1 saturated carbocycles. The molecule has 21 heavy (non-hydrogen) atoms. The summed E-state index contributed by atoms with van der Waals surface area (Å²) in [6, 6.07) is 6.35. The molecule has 0 saturated heterocycles. The second kappa shape index (κ2) is 5.69. The SMILES string of the molecule is Cc1cc(/C(N)=N/O)nc(N(Cc2cccs2)C2CC2)n1. The lowest BCUT2D eigenvalue weighted by molar-refractivity contribution is 0.318. The van der Waals surface area contributed by atoms with Crippen molar-refractivity contribution in [1.29, 1.82) is 0 Å². The van der Waals surface area contributed by atoms with E-state index in [9.17, 15) is 0 Å². The number of rotatable bonds is 5. The number of hydrogen-bond acceptors (Lipinski definition) is 6. The zero-order chi connectivity index (χ0) is 14.8. The number of oxime groups is 1. The predicted octanol–water partition coefficient (Wildman–Crippen LogP) is 2.11. The fourth-order valence-electron chi connectivity index (χ4n) is 2.18. The molecular formula is C14H17N5OS. The van der Waals surface area contributed by atoms with Crippen LogP contribution in [0.1, 0.15) is 29.1 Å². The third-order valence-corrected chi connectivity index (χ3v) is 4.22. The van der Waals surface area contributed by atoms with E-state index in [1.165, 1.54) is 4.88 Å². The van der Waals surface area contributed by atoms with Crippen LogP contribution in [0.4, 0.5) is 5.95 Å². The molecule has 0 radical (unpaired) electrons. The highest BCUT2D eigenvalue weighted by Gasteiger charge is 2.31. The maximum Gasteiger partial charge on any atom is 0.226 e. The Morgan fingerprint density at radius 2 is 2.33 bits per heavy atom. The van der Waals surface area contributed by atoms with Crippen LogP contribution in [0.3, 0.4) is 0 Å². The van der Waals surface area contributed by atoms with Gasteiger partial charge < -0.3 is 15.8 Å². The molecule has 1 fully saturated rings. The third-order valence-electron chi connectivity index (χ3n) is 3.36. The highest BCUT2D eigenvalue weighted by Crippen LogP contribution is 2.32. The lowest BCUT2D eigenvalue weighted by Gasteiger charge is -2.22. The van der Waals surface area contributed by atoms with Crippen molar-refractivity contribution >= 4 is 23.1 Å². The Hall–Kier alpha value is -2.15. The van der Waals surface area contributed by atoms with Gasteiger partial charge in [0.2, 0.25) is 5.95 Å². The van der Waals surface area contributed by atoms with Crippen LogP contribution in [0.2, 0.25) is 0 Å². The maximum atomic E-state index is 8.83. The van der Waals surface area contributed by atoms with E-state index in [1.807, 2.05) is 13.0 Å². The smallest absolute Gasteiger partial charge is 0.226 e. The van der Waals surface area contributed by atoms with Crippen LogP contribution in [0.25, 0.3) is 0 Å². The molecule has 0 amide bonds. The van der Waals surface area contributed by atoms with Gasteiger partial charge >= 0.3 is 0 Å². The molecule has 2 heterocycles. The molecule has 0 aromatic carbocycles. The van der Waals surface area contributed by atoms with Crippen LogP contribution >= 0.6 is 11.3 Å². The molecule has 1 aliphatic carbocycles. The van der Waals surface area contributed by atoms with Gasteiger partial charge in [-0.3, -0.25) is 0 Å². The summed E-state index contributed by atoms with van der Waals surface area (Å²) < 4.78 is 0. The minimum absolute atomic E-state index is 0.00798. The summed E-state index contributed by atoms with van der Waals surface area (Å²) in [4.78, 5) is 12.4. The summed E-state index contributed by atoms with van der Waals surface area (Å²) in [5.74, 6) is 0.654. The van der Waals surface area contributed by atoms with E-state index in [0.29, 0.717) is 17.7 Å². The number of nitrogens with zero attached hydrogens (tertiary/aromatic N) is 4. The van der Waals surface area contributed by atoms with Crippen molar-refractivity contribution in [2.45, 2.75) is 32.4 Å². The second-order valence-corrected chi connectivity index (χ2v) is 6.15. The van der Waals surface area contributed by atoms with Crippen LogP contribution in [0, 0.1) is 6.92 Å². The van der Waals surface area contributed by atoms with E-state index in [2.05, 4.69) is 31.5 Å². The molecule has 7 heteroatoms. The third kappa shape index (κ3) is 3.13. The molecule has 1 aliphatic rings. The van der Waals surface area contributed by atoms with E-state index in [-0.39, 0.29) is 5.84 Å². The summed E-state index contributed by atoms with van der Waals surface area (Å²) in [6.07, 6.45) is 2.31. The molecule has 2 aromatic heterocycles. The first-order chi connectivity index (χ1) is 10.2. The molecule has 0 aliphatic heterocycles. The molecule has 0 atom stereocenters. The Labute approximate surface area is 126 Å². The molecule has 0 unspecified atom stereocenters. The normalized spacial score (nSPS) is 15.2. The van der Waals surface area contributed by atoms with Crippen LogP contribution in [0.15, 0.2) is 28.7 Å². The molecule has 3 rings (SSSR count). The van der Waals surface area contributed by atoms with Crippen LogP contribution in [-0.2, 0) is 6.54 Å². The highest BCUT2D eigenvalue weighted by molar-refractivity contribution is 7.09. The van der Waals surface area contributed by atoms with Crippen molar-refractivity contribution in [3.05, 3.63) is 39.8 Å². The molecule has 3 N–H and O–H groups in total. The quantitative estimate of drug-likeness (QED) is 0.382. The van der Waals surface area contributed by atoms with Crippen molar-refractivity contribution in [3.63, 3.8) is 0 Å². The van der Waals surface area contributed by atoms with Gasteiger partial charge in [0.1, 0.15) is 5.69 Å². The zero-order valence-electron chi connectivity index (χ0n) is 11.7. The van der Waals surface area contributed by atoms with Gasteiger partial charge in [0, 0.05) is 16.6 Å². The number of hydrogen-bond donors (Lipinski definition) is 2. The van der Waals surface area contributed by atoms with Crippen molar-refractivity contribution in [2.75, 3.05) is 4.90 Å². The van der Waals surface area contributed by atoms with Gasteiger partial charge in [0.25, 0.3) is 0 Å². The highest BCUT2D eigenvalue weighted by atomic mass is 32.1. The van der Waals surface area contributed by atoms with Gasteiger partial charge in [-0.2, -0.15) is 0 Å². The number of nitrogens with two attached hydrogens (primary N) is 1. The molecule has 0 bridgehead atoms. The average Bonchev–Trinajstić information content (AvgIpc) is 3.19. The topological polar surface area (TPSA) is 87.6 Å². The number of aryl methyl sites for hydroxylation is 1. The van der Waals surface area contributed by atoms with Crippen LogP contribution in [0.5, 0.6) is 0 Å². The van der Waals surface area contributed by atoms with Crippen molar-refractivity contribution in [3.8, 4) is 0 Å². The summed E-state index contributed by atoms with van der Waals surface area (Å²) in [7, 11) is 0. The lowest BCUT2D eigenvalue weighted by atomic mass is 10.3. The van der Waals surface area contributed by atoms with Crippen molar-refractivity contribution in [1.82, 2.24) is 9.97 Å². The summed E-state index contributed by atoms with van der Waals surface area (Å²) in [5.41, 5.74) is 6.91. The molecular weight excluding hydrogens is 286 g/mol. The van der Waals surface area contributed by atoms with E-state index in [0.717, 1.165) is 25.1 Å². The van der Waals surface area contributed by atoms with Crippen LogP contribution < -0.4 is 10.6 Å². The first kappa shape index (κ1) is 13.8. The minimum Gasteiger partial charge on any atom is -0.409 e. The fraction of sp³-hybridized carbons (Fsp3) is 0.357. The monoisotopic (exact) mass is 303 g/mol. The largest absolute Gasteiger partial charge is 0.409 e. The Bertz CT molecular complexity index is 651. The first-order valence-electron chi connectivity index (χ1n) is 6.80. The molecule has 2 aromatic rings. The van der Waals surface area contributed by atoms with Gasteiger partial charge in [0.05, 0.1) is 6.54 Å². The second-order valence-electron chi connectivity index (χ2n) is 5.12. The number of amidine groups is 1. The van der Waals surface area contributed by atoms with E-state index in [4.69, 9.17) is 10.9 Å². The van der Waals surface area contributed by atoms with E-state index in [1.54, 1.807) is 17.4 Å². The summed E-state index contributed by atoms with van der Waals surface area (Å²) in [5, 5.41) is 13.9. The van der Waals surface area contributed by atoms with Crippen molar-refractivity contribution < 1.29 is 5.21 Å². The molecule has 110 valence electrons. The number of thiophene rings is 1. The number of aromatic nitrogens is 2. The standard InChI is InChI=1S/C14H17N5OS/c1-9-7-12(13(15)18-20)17-14(16-9)19(10-4-5-10)8-11-3-2-6-21-11/h2-3,6-7,10,20H,4-5,8H2,1H3,(H2,15,18). The Morgan fingerprint density at radius 1 is 1.52 bits per heavy atom. The zero-order valence-corrected chi connectivity index (χ0v) is 12.5. The molecule has 0 spiro atoms. The van der Waals surface area contributed by atoms with E-state index < -0.39 is 0 Å². The van der Waals surface area contributed by atoms with E-state index >= 15 is 0 Å². The van der Waals surface area contributed by atoms with Crippen LogP contribution in [-0.4, -0.2) is 27.1 Å². The van der Waals surface area contributed by atoms with Gasteiger partial charge in [-0.05, 0) is 37.3 Å². The maximum absolute atomic E-state index is 8.83. The van der Waals surface area contributed by atoms with Gasteiger partial charge in [0.15, 0.2) is 5.84 Å². The summed E-state index contributed by atoms with van der Waals surface area (Å²) >= 11 is 1.72. The van der Waals surface area contributed by atoms with Gasteiger partial charge in [-0.25, -0.2) is 9.97 Å². The van der Waals surface area contributed by atoms with Crippen molar-refractivity contribution in [2.24, 2.45) is 10.9 Å². The van der Waals surface area contributed by atoms with Gasteiger partial charge in [-0.1, -0.05) is 11.2 Å². The lowest BCUT2D eigenvalue weighted by Crippen LogP contribution is -2.28. The average molecular weight is 303 g/mol. The predicted molar refractivity (Wildman–Crippen MR) is 82.8 cm³/mol. The minimum atomic E-state index is 0.00798. The van der Waals surface area contributed by atoms with Gasteiger partial charge in [-0.15, -0.1) is 11.3 Å². The Morgan fingerprint density at radius 3 is 2.95 bits per heavy atom. The fourth-order valence-corrected chi connectivity index (χ4v) is 2.89. The Balaban J connectivity index is 1.93. The Kier molecular flexibility index (Phi) is 3.74. The summed E-state index contributed by atoms with van der Waals surface area (Å²) in [6.45, 7) is 2.68.